The van der Waals surface area contributed by atoms with Crippen molar-refractivity contribution in [1.29, 1.82) is 0 Å². The van der Waals surface area contributed by atoms with Crippen LogP contribution >= 0.6 is 11.6 Å². The minimum absolute atomic E-state index is 0.0534. The van der Waals surface area contributed by atoms with Crippen molar-refractivity contribution in [2.75, 3.05) is 31.8 Å². The smallest absolute Gasteiger partial charge is 0.344 e. The number of ether oxygens (including phenoxy) is 2. The molecule has 0 aromatic heterocycles. The second kappa shape index (κ2) is 8.05. The first-order valence-corrected chi connectivity index (χ1v) is 9.88. The maximum absolute atomic E-state index is 12.0. The van der Waals surface area contributed by atoms with Crippen LogP contribution in [0.2, 0.25) is 5.02 Å². The highest BCUT2D eigenvalue weighted by molar-refractivity contribution is 7.91. The van der Waals surface area contributed by atoms with E-state index in [4.69, 9.17) is 21.1 Å². The first kappa shape index (κ1) is 19.5. The Kier molecular flexibility index (Phi) is 6.29. The van der Waals surface area contributed by atoms with Crippen molar-refractivity contribution in [2.45, 2.75) is 19.4 Å². The summed E-state index contributed by atoms with van der Waals surface area (Å²) in [5, 5.41) is 0.595. The number of rotatable bonds is 6. The maximum atomic E-state index is 12.0. The molecule has 1 fully saturated rings. The fourth-order valence-electron chi connectivity index (χ4n) is 2.42. The molecule has 1 saturated heterocycles. The van der Waals surface area contributed by atoms with Gasteiger partial charge < -0.3 is 14.4 Å². The van der Waals surface area contributed by atoms with Gasteiger partial charge in [-0.05, 0) is 37.1 Å². The van der Waals surface area contributed by atoms with Gasteiger partial charge in [0, 0.05) is 18.1 Å². The molecular formula is C16H20ClNO6S. The van der Waals surface area contributed by atoms with Gasteiger partial charge in [0.25, 0.3) is 5.91 Å². The molecule has 1 heterocycles. The third kappa shape index (κ3) is 5.61. The SMILES string of the molecule is Cc1cc(OCC(=O)OCC(=O)N(C)C2CCS(=O)(=O)C2)ccc1Cl. The van der Waals surface area contributed by atoms with E-state index in [0.717, 1.165) is 5.56 Å². The Morgan fingerprint density at radius 1 is 1.32 bits per heavy atom. The number of carbonyl (C=O) groups is 2. The summed E-state index contributed by atoms with van der Waals surface area (Å²) in [5.74, 6) is -0.643. The Balaban J connectivity index is 1.75. The molecule has 0 N–H and O–H groups in total. The van der Waals surface area contributed by atoms with Crippen molar-refractivity contribution in [3.63, 3.8) is 0 Å². The molecule has 1 aliphatic rings. The van der Waals surface area contributed by atoms with E-state index in [1.165, 1.54) is 11.9 Å². The number of hydrogen-bond acceptors (Lipinski definition) is 6. The van der Waals surface area contributed by atoms with Gasteiger partial charge in [0.15, 0.2) is 23.1 Å². The third-order valence-electron chi connectivity index (χ3n) is 3.99. The molecule has 0 saturated carbocycles. The molecule has 1 aromatic carbocycles. The lowest BCUT2D eigenvalue weighted by Gasteiger charge is -2.23. The van der Waals surface area contributed by atoms with Gasteiger partial charge in [-0.1, -0.05) is 11.6 Å². The largest absolute Gasteiger partial charge is 0.482 e. The third-order valence-corrected chi connectivity index (χ3v) is 6.17. The summed E-state index contributed by atoms with van der Waals surface area (Å²) in [6.07, 6.45) is 0.400. The first-order chi connectivity index (χ1) is 11.7. The predicted molar refractivity (Wildman–Crippen MR) is 92.5 cm³/mol. The zero-order valence-corrected chi connectivity index (χ0v) is 15.6. The summed E-state index contributed by atoms with van der Waals surface area (Å²) < 4.78 is 33.1. The van der Waals surface area contributed by atoms with Gasteiger partial charge in [0.2, 0.25) is 0 Å². The Morgan fingerprint density at radius 3 is 2.64 bits per heavy atom. The highest BCUT2D eigenvalue weighted by Gasteiger charge is 2.32. The van der Waals surface area contributed by atoms with E-state index in [9.17, 15) is 18.0 Å². The number of carbonyl (C=O) groups excluding carboxylic acids is 2. The topological polar surface area (TPSA) is 90.0 Å². The average Bonchev–Trinajstić information content (AvgIpc) is 2.92. The van der Waals surface area contributed by atoms with E-state index >= 15 is 0 Å². The van der Waals surface area contributed by atoms with E-state index in [2.05, 4.69) is 0 Å². The lowest BCUT2D eigenvalue weighted by molar-refractivity contribution is -0.153. The number of halogens is 1. The van der Waals surface area contributed by atoms with Crippen LogP contribution in [0.15, 0.2) is 18.2 Å². The van der Waals surface area contributed by atoms with Crippen LogP contribution in [0.25, 0.3) is 0 Å². The summed E-state index contributed by atoms with van der Waals surface area (Å²) in [6.45, 7) is 1.02. The molecule has 9 heteroatoms. The van der Waals surface area contributed by atoms with E-state index < -0.39 is 28.3 Å². The van der Waals surface area contributed by atoms with Crippen LogP contribution in [0, 0.1) is 6.92 Å². The molecule has 7 nitrogen and oxygen atoms in total. The van der Waals surface area contributed by atoms with Gasteiger partial charge in [-0.3, -0.25) is 4.79 Å². The van der Waals surface area contributed by atoms with Gasteiger partial charge in [-0.2, -0.15) is 0 Å². The van der Waals surface area contributed by atoms with Gasteiger partial charge >= 0.3 is 5.97 Å². The van der Waals surface area contributed by atoms with Crippen molar-refractivity contribution in [3.05, 3.63) is 28.8 Å². The second-order valence-corrected chi connectivity index (χ2v) is 8.56. The number of aryl methyl sites for hydroxylation is 1. The van der Waals surface area contributed by atoms with Crippen molar-refractivity contribution in [3.8, 4) is 5.75 Å². The fourth-order valence-corrected chi connectivity index (χ4v) is 4.31. The molecule has 2 rings (SSSR count). The Morgan fingerprint density at radius 2 is 2.04 bits per heavy atom. The molecule has 1 unspecified atom stereocenters. The minimum atomic E-state index is -3.08. The molecular weight excluding hydrogens is 370 g/mol. The summed E-state index contributed by atoms with van der Waals surface area (Å²) in [4.78, 5) is 25.0. The number of nitrogens with zero attached hydrogens (tertiary/aromatic N) is 1. The number of esters is 1. The molecule has 1 amide bonds. The molecule has 1 aliphatic heterocycles. The summed E-state index contributed by atoms with van der Waals surface area (Å²) in [6, 6.07) is 4.60. The van der Waals surface area contributed by atoms with E-state index in [1.807, 2.05) is 6.92 Å². The molecule has 25 heavy (non-hydrogen) atoms. The summed E-state index contributed by atoms with van der Waals surface area (Å²) >= 11 is 5.90. The number of hydrogen-bond donors (Lipinski definition) is 0. The molecule has 0 radical (unpaired) electrons. The second-order valence-electron chi connectivity index (χ2n) is 5.92. The van der Waals surface area contributed by atoms with Crippen molar-refractivity contribution in [2.24, 2.45) is 0 Å². The molecule has 138 valence electrons. The lowest BCUT2D eigenvalue weighted by atomic mass is 10.2. The number of amides is 1. The monoisotopic (exact) mass is 389 g/mol. The van der Waals surface area contributed by atoms with E-state index in [0.29, 0.717) is 17.2 Å². The Labute approximate surface area is 151 Å². The van der Waals surface area contributed by atoms with Gasteiger partial charge in [0.1, 0.15) is 5.75 Å². The Bertz CT molecular complexity index is 764. The van der Waals surface area contributed by atoms with Crippen LogP contribution in [0.3, 0.4) is 0 Å². The highest BCUT2D eigenvalue weighted by atomic mass is 35.5. The van der Waals surface area contributed by atoms with Crippen LogP contribution in [-0.4, -0.2) is 63.0 Å². The lowest BCUT2D eigenvalue weighted by Crippen LogP contribution is -2.40. The van der Waals surface area contributed by atoms with Gasteiger partial charge in [0.05, 0.1) is 11.5 Å². The molecule has 1 aromatic rings. The first-order valence-electron chi connectivity index (χ1n) is 7.68. The van der Waals surface area contributed by atoms with Crippen LogP contribution in [-0.2, 0) is 24.2 Å². The zero-order chi connectivity index (χ0) is 18.6. The zero-order valence-electron chi connectivity index (χ0n) is 14.0. The fraction of sp³-hybridized carbons (Fsp3) is 0.500. The van der Waals surface area contributed by atoms with Gasteiger partial charge in [-0.15, -0.1) is 0 Å². The molecule has 0 bridgehead atoms. The van der Waals surface area contributed by atoms with Crippen molar-refractivity contribution >= 4 is 33.3 Å². The molecule has 0 aliphatic carbocycles. The molecule has 0 spiro atoms. The normalized spacial score (nSPS) is 18.6. The number of likely N-dealkylation sites (N-methyl/N-ethyl adjacent to an activating group) is 1. The van der Waals surface area contributed by atoms with Crippen molar-refractivity contribution in [1.82, 2.24) is 4.90 Å². The van der Waals surface area contributed by atoms with Crippen LogP contribution in [0.1, 0.15) is 12.0 Å². The van der Waals surface area contributed by atoms with E-state index in [1.54, 1.807) is 18.2 Å². The van der Waals surface area contributed by atoms with Crippen molar-refractivity contribution < 1.29 is 27.5 Å². The minimum Gasteiger partial charge on any atom is -0.482 e. The number of sulfone groups is 1. The predicted octanol–water partition coefficient (Wildman–Crippen LogP) is 1.22. The summed E-state index contributed by atoms with van der Waals surface area (Å²) in [7, 11) is -1.57. The van der Waals surface area contributed by atoms with Crippen LogP contribution in [0.5, 0.6) is 5.75 Å². The van der Waals surface area contributed by atoms with Crippen LogP contribution < -0.4 is 4.74 Å². The average molecular weight is 390 g/mol. The van der Waals surface area contributed by atoms with E-state index in [-0.39, 0.29) is 24.2 Å². The maximum Gasteiger partial charge on any atom is 0.344 e. The van der Waals surface area contributed by atoms with Gasteiger partial charge in [-0.25, -0.2) is 13.2 Å². The highest BCUT2D eigenvalue weighted by Crippen LogP contribution is 2.21. The van der Waals surface area contributed by atoms with Crippen LogP contribution in [0.4, 0.5) is 0 Å². The Hall–Kier alpha value is -1.80. The molecule has 1 atom stereocenters. The summed E-state index contributed by atoms with van der Waals surface area (Å²) in [5.41, 5.74) is 0.816. The quantitative estimate of drug-likeness (QED) is 0.679. The number of benzene rings is 1. The standard InChI is InChI=1S/C16H20ClNO6S/c1-11-7-13(3-4-14(11)17)23-9-16(20)24-8-15(19)18(2)12-5-6-25(21,22)10-12/h3-4,7,12H,5-6,8-10H2,1-2H3.